The van der Waals surface area contributed by atoms with E-state index in [0.717, 1.165) is 30.5 Å². The molecule has 0 radical (unpaired) electrons. The second-order valence-electron chi connectivity index (χ2n) is 9.48. The van der Waals surface area contributed by atoms with E-state index < -0.39 is 17.7 Å². The first-order valence-corrected chi connectivity index (χ1v) is 13.0. The number of ether oxygens (including phenoxy) is 2. The van der Waals surface area contributed by atoms with Crippen molar-refractivity contribution in [2.45, 2.75) is 65.3 Å². The number of aliphatic hydroxyl groups excluding tert-OH is 1. The number of hydrogen-bond donors (Lipinski definition) is 4. The molecule has 0 aliphatic carbocycles. The Morgan fingerprint density at radius 3 is 2.41 bits per heavy atom. The number of benzene rings is 2. The molecule has 224 valence electrons. The molecule has 12 heteroatoms. The van der Waals surface area contributed by atoms with Crippen molar-refractivity contribution in [2.24, 2.45) is 5.73 Å². The quantitative estimate of drug-likeness (QED) is 0.208. The molecule has 5 N–H and O–H groups in total. The van der Waals surface area contributed by atoms with Crippen molar-refractivity contribution in [1.29, 1.82) is 0 Å². The fourth-order valence-corrected chi connectivity index (χ4v) is 3.94. The zero-order valence-corrected chi connectivity index (χ0v) is 23.5. The standard InChI is InChI=1S/C24H28F3N3O3.C5H8O3/c1-14-10-20(32-3)30-22-19(29-15(2)6-5-9-28)11-16(13-31)23(21(14)22)33-18-8-4-7-17(12-18)24(25,26)27;1-4(6)2-3-5(7)8/h4,7-8,10-12,15,29,31H,5-6,9,13,28H2,1-3H3;2-3H2,1H3,(H,7,8). The van der Waals surface area contributed by atoms with E-state index >= 15 is 0 Å². The highest BCUT2D eigenvalue weighted by molar-refractivity contribution is 5.99. The van der Waals surface area contributed by atoms with Crippen LogP contribution in [0.3, 0.4) is 0 Å². The Morgan fingerprint density at radius 1 is 1.17 bits per heavy atom. The highest BCUT2D eigenvalue weighted by Gasteiger charge is 2.31. The third-order valence-corrected chi connectivity index (χ3v) is 5.98. The van der Waals surface area contributed by atoms with Crippen molar-refractivity contribution in [3.63, 3.8) is 0 Å². The van der Waals surface area contributed by atoms with Crippen LogP contribution in [0.4, 0.5) is 18.9 Å². The molecule has 0 aliphatic rings. The number of aliphatic carboxylic acids is 1. The summed E-state index contributed by atoms with van der Waals surface area (Å²) in [6, 6.07) is 8.12. The summed E-state index contributed by atoms with van der Waals surface area (Å²) >= 11 is 0. The number of carbonyl (C=O) groups excluding carboxylic acids is 1. The van der Waals surface area contributed by atoms with Gasteiger partial charge in [-0.1, -0.05) is 6.07 Å². The number of halogens is 3. The number of alkyl halides is 3. The van der Waals surface area contributed by atoms with Crippen LogP contribution in [0.15, 0.2) is 36.4 Å². The molecule has 9 nitrogen and oxygen atoms in total. The van der Waals surface area contributed by atoms with Gasteiger partial charge in [-0.3, -0.25) is 4.79 Å². The van der Waals surface area contributed by atoms with Gasteiger partial charge in [0, 0.05) is 29.5 Å². The number of hydrogen-bond acceptors (Lipinski definition) is 8. The van der Waals surface area contributed by atoms with Crippen LogP contribution in [-0.4, -0.2) is 46.6 Å². The lowest BCUT2D eigenvalue weighted by Crippen LogP contribution is -2.17. The number of fused-ring (bicyclic) bond motifs is 1. The summed E-state index contributed by atoms with van der Waals surface area (Å²) in [6.07, 6.45) is -2.73. The minimum atomic E-state index is -4.50. The number of carboxylic acids is 1. The number of carbonyl (C=O) groups is 2. The number of Topliss-reactive ketones (excluding diaryl/α,β-unsaturated/α-hetero) is 1. The average molecular weight is 580 g/mol. The summed E-state index contributed by atoms with van der Waals surface area (Å²) in [5.74, 6) is -0.347. The van der Waals surface area contributed by atoms with Crippen LogP contribution in [0.1, 0.15) is 56.2 Å². The molecule has 0 saturated carbocycles. The van der Waals surface area contributed by atoms with Gasteiger partial charge in [-0.15, -0.1) is 0 Å². The first-order valence-electron chi connectivity index (χ1n) is 13.0. The smallest absolute Gasteiger partial charge is 0.416 e. The molecule has 0 saturated heterocycles. The van der Waals surface area contributed by atoms with Crippen LogP contribution in [0, 0.1) is 6.92 Å². The Bertz CT molecular complexity index is 1330. The van der Waals surface area contributed by atoms with Gasteiger partial charge in [0.05, 0.1) is 31.4 Å². The number of pyridine rings is 1. The fourth-order valence-electron chi connectivity index (χ4n) is 3.94. The van der Waals surface area contributed by atoms with Crippen molar-refractivity contribution < 1.29 is 42.4 Å². The topological polar surface area (TPSA) is 144 Å². The largest absolute Gasteiger partial charge is 0.481 e. The number of carboxylic acid groups (broad SMARTS) is 1. The molecule has 0 amide bonds. The third-order valence-electron chi connectivity index (χ3n) is 5.98. The Kier molecular flexibility index (Phi) is 12.3. The first kappa shape index (κ1) is 33.3. The van der Waals surface area contributed by atoms with Crippen molar-refractivity contribution in [3.8, 4) is 17.4 Å². The molecule has 1 aromatic heterocycles. The molecule has 41 heavy (non-hydrogen) atoms. The molecule has 0 aliphatic heterocycles. The molecule has 0 bridgehead atoms. The number of nitrogens with one attached hydrogen (secondary N) is 1. The number of nitrogens with zero attached hydrogens (tertiary/aromatic N) is 1. The van der Waals surface area contributed by atoms with E-state index in [1.807, 2.05) is 13.8 Å². The molecule has 1 unspecified atom stereocenters. The van der Waals surface area contributed by atoms with E-state index in [2.05, 4.69) is 10.3 Å². The molecule has 0 fully saturated rings. The van der Waals surface area contributed by atoms with Crippen LogP contribution in [0.25, 0.3) is 10.9 Å². The van der Waals surface area contributed by atoms with Gasteiger partial charge in [-0.25, -0.2) is 4.98 Å². The molecule has 1 atom stereocenters. The molecule has 1 heterocycles. The fraction of sp³-hybridized carbons (Fsp3) is 0.414. The molecule has 3 rings (SSSR count). The van der Waals surface area contributed by atoms with Gasteiger partial charge in [-0.2, -0.15) is 13.2 Å². The van der Waals surface area contributed by atoms with Gasteiger partial charge in [0.15, 0.2) is 0 Å². The lowest BCUT2D eigenvalue weighted by Gasteiger charge is -2.21. The van der Waals surface area contributed by atoms with Gasteiger partial charge in [-0.05, 0) is 70.0 Å². The SMILES string of the molecule is CC(=O)CCC(=O)O.COc1cc(C)c2c(Oc3cccc(C(F)(F)F)c3)c(CO)cc(NC(C)CCCN)c2n1. The number of methoxy groups -OCH3 is 1. The lowest BCUT2D eigenvalue weighted by molar-refractivity contribution is -0.138. The summed E-state index contributed by atoms with van der Waals surface area (Å²) < 4.78 is 50.8. The first-order chi connectivity index (χ1) is 19.3. The molecule has 2 aromatic carbocycles. The molecule has 0 spiro atoms. The molecular formula is C29H36F3N3O6. The number of ketones is 1. The summed E-state index contributed by atoms with van der Waals surface area (Å²) in [4.78, 5) is 24.4. The van der Waals surface area contributed by atoms with E-state index in [9.17, 15) is 27.9 Å². The van der Waals surface area contributed by atoms with E-state index in [-0.39, 0.29) is 42.8 Å². The minimum Gasteiger partial charge on any atom is -0.481 e. The predicted molar refractivity (Wildman–Crippen MR) is 149 cm³/mol. The highest BCUT2D eigenvalue weighted by Crippen LogP contribution is 2.41. The number of aromatic nitrogens is 1. The second kappa shape index (κ2) is 15.2. The third kappa shape index (κ3) is 9.90. The van der Waals surface area contributed by atoms with Crippen molar-refractivity contribution in [1.82, 2.24) is 4.98 Å². The zero-order valence-electron chi connectivity index (χ0n) is 23.5. The number of rotatable bonds is 12. The van der Waals surface area contributed by atoms with Gasteiger partial charge in [0.2, 0.25) is 5.88 Å². The van der Waals surface area contributed by atoms with Crippen LogP contribution >= 0.6 is 0 Å². The van der Waals surface area contributed by atoms with Gasteiger partial charge >= 0.3 is 12.1 Å². The van der Waals surface area contributed by atoms with Crippen LogP contribution in [0.2, 0.25) is 0 Å². The Hall–Kier alpha value is -3.90. The number of aryl methyl sites for hydroxylation is 1. The Labute approximate surface area is 236 Å². The monoisotopic (exact) mass is 579 g/mol. The number of nitrogens with two attached hydrogens (primary N) is 1. The van der Waals surface area contributed by atoms with Gasteiger partial charge in [0.1, 0.15) is 22.8 Å². The summed E-state index contributed by atoms with van der Waals surface area (Å²) in [5.41, 5.74) is 7.16. The van der Waals surface area contributed by atoms with Gasteiger partial charge in [0.25, 0.3) is 0 Å². The lowest BCUT2D eigenvalue weighted by atomic mass is 10.0. The van der Waals surface area contributed by atoms with Crippen molar-refractivity contribution in [2.75, 3.05) is 19.0 Å². The van der Waals surface area contributed by atoms with Crippen molar-refractivity contribution >= 4 is 28.3 Å². The van der Waals surface area contributed by atoms with E-state index in [1.165, 1.54) is 26.2 Å². The minimum absolute atomic E-state index is 0.00747. The van der Waals surface area contributed by atoms with E-state index in [1.54, 1.807) is 12.1 Å². The Balaban J connectivity index is 0.000000642. The molecule has 3 aromatic rings. The summed E-state index contributed by atoms with van der Waals surface area (Å²) in [6.45, 7) is 5.42. The van der Waals surface area contributed by atoms with E-state index in [4.69, 9.17) is 20.3 Å². The molecular weight excluding hydrogens is 543 g/mol. The maximum absolute atomic E-state index is 13.2. The Morgan fingerprint density at radius 2 is 1.88 bits per heavy atom. The van der Waals surface area contributed by atoms with Gasteiger partial charge < -0.3 is 35.5 Å². The van der Waals surface area contributed by atoms with Crippen LogP contribution in [0.5, 0.6) is 17.4 Å². The van der Waals surface area contributed by atoms with Crippen molar-refractivity contribution in [3.05, 3.63) is 53.1 Å². The normalized spacial score (nSPS) is 11.8. The average Bonchev–Trinajstić information content (AvgIpc) is 2.91. The maximum Gasteiger partial charge on any atom is 0.416 e. The number of aliphatic hydroxyl groups is 1. The second-order valence-corrected chi connectivity index (χ2v) is 9.48. The predicted octanol–water partition coefficient (Wildman–Crippen LogP) is 5.83. The van der Waals surface area contributed by atoms with Crippen LogP contribution in [-0.2, 0) is 22.4 Å². The number of anilines is 1. The van der Waals surface area contributed by atoms with Crippen LogP contribution < -0.4 is 20.5 Å². The summed E-state index contributed by atoms with van der Waals surface area (Å²) in [7, 11) is 1.51. The zero-order chi connectivity index (χ0) is 30.7. The highest BCUT2D eigenvalue weighted by atomic mass is 19.4. The maximum atomic E-state index is 13.2. The van der Waals surface area contributed by atoms with E-state index in [0.29, 0.717) is 34.6 Å². The summed E-state index contributed by atoms with van der Waals surface area (Å²) in [5, 5.41) is 22.1.